The molecular weight excluding hydrogens is 510 g/mol. The number of pyridine rings is 3. The number of aromatic nitrogens is 3. The van der Waals surface area contributed by atoms with E-state index >= 15 is 0 Å². The van der Waals surface area contributed by atoms with Crippen LogP contribution < -0.4 is 0 Å². The van der Waals surface area contributed by atoms with Crippen LogP contribution >= 0.6 is 0 Å². The minimum atomic E-state index is -0.492. The molecule has 0 saturated heterocycles. The molecule has 10 nitrogen and oxygen atoms in total. The van der Waals surface area contributed by atoms with Gasteiger partial charge in [0.2, 0.25) is 0 Å². The Labute approximate surface area is 235 Å². The van der Waals surface area contributed by atoms with Crippen LogP contribution in [-0.4, -0.2) is 68.9 Å². The SMILES string of the molecule is CC(=O)OC[C@H](CCCCN(C)C(=O)c1ccc(CN(Cc2ccccn2)Cc2ccccn2)nc1)OC(C)=O. The van der Waals surface area contributed by atoms with Gasteiger partial charge in [-0.1, -0.05) is 12.1 Å². The number of carbonyl (C=O) groups excluding carboxylic acids is 3. The fourth-order valence-electron chi connectivity index (χ4n) is 4.15. The van der Waals surface area contributed by atoms with E-state index in [0.717, 1.165) is 17.1 Å². The van der Waals surface area contributed by atoms with Crippen LogP contribution in [0.2, 0.25) is 0 Å². The Balaban J connectivity index is 1.52. The second-order valence-corrected chi connectivity index (χ2v) is 9.58. The van der Waals surface area contributed by atoms with Crippen LogP contribution in [0.4, 0.5) is 0 Å². The Bertz CT molecular complexity index is 1170. The monoisotopic (exact) mass is 547 g/mol. The third kappa shape index (κ3) is 10.9. The molecule has 0 N–H and O–H groups in total. The summed E-state index contributed by atoms with van der Waals surface area (Å²) in [5.41, 5.74) is 3.27. The van der Waals surface area contributed by atoms with Crippen molar-refractivity contribution in [3.05, 3.63) is 89.8 Å². The zero-order chi connectivity index (χ0) is 28.7. The van der Waals surface area contributed by atoms with Gasteiger partial charge >= 0.3 is 11.9 Å². The maximum Gasteiger partial charge on any atom is 0.303 e. The minimum Gasteiger partial charge on any atom is -0.462 e. The zero-order valence-corrected chi connectivity index (χ0v) is 23.4. The molecule has 0 bridgehead atoms. The Morgan fingerprint density at radius 3 is 1.93 bits per heavy atom. The van der Waals surface area contributed by atoms with E-state index in [4.69, 9.17) is 9.47 Å². The molecule has 0 saturated carbocycles. The van der Waals surface area contributed by atoms with Crippen LogP contribution in [0.15, 0.2) is 67.1 Å². The second-order valence-electron chi connectivity index (χ2n) is 9.58. The molecule has 3 rings (SSSR count). The summed E-state index contributed by atoms with van der Waals surface area (Å²) < 4.78 is 10.2. The number of hydrogen-bond acceptors (Lipinski definition) is 9. The highest BCUT2D eigenvalue weighted by molar-refractivity contribution is 5.93. The van der Waals surface area contributed by atoms with Gasteiger partial charge in [-0.05, 0) is 55.7 Å². The lowest BCUT2D eigenvalue weighted by Gasteiger charge is -2.22. The number of rotatable bonds is 15. The number of nitrogens with zero attached hydrogens (tertiary/aromatic N) is 5. The summed E-state index contributed by atoms with van der Waals surface area (Å²) in [5, 5.41) is 0. The predicted molar refractivity (Wildman–Crippen MR) is 149 cm³/mol. The largest absolute Gasteiger partial charge is 0.462 e. The molecule has 0 unspecified atom stereocenters. The fraction of sp³-hybridized carbons (Fsp3) is 0.400. The van der Waals surface area contributed by atoms with Gasteiger partial charge in [-0.3, -0.25) is 34.2 Å². The number of ether oxygens (including phenoxy) is 2. The van der Waals surface area contributed by atoms with E-state index < -0.39 is 18.0 Å². The average Bonchev–Trinajstić information content (AvgIpc) is 2.94. The van der Waals surface area contributed by atoms with E-state index in [-0.39, 0.29) is 12.5 Å². The predicted octanol–water partition coefficient (Wildman–Crippen LogP) is 3.81. The van der Waals surface area contributed by atoms with Gasteiger partial charge < -0.3 is 14.4 Å². The van der Waals surface area contributed by atoms with Crippen LogP contribution in [0.25, 0.3) is 0 Å². The summed E-state index contributed by atoms with van der Waals surface area (Å²) in [4.78, 5) is 52.7. The smallest absolute Gasteiger partial charge is 0.303 e. The molecule has 0 aromatic carbocycles. The zero-order valence-electron chi connectivity index (χ0n) is 23.4. The normalized spacial score (nSPS) is 11.6. The van der Waals surface area contributed by atoms with Gasteiger partial charge in [0.1, 0.15) is 12.7 Å². The van der Waals surface area contributed by atoms with Gasteiger partial charge in [0.25, 0.3) is 5.91 Å². The first-order valence-corrected chi connectivity index (χ1v) is 13.3. The van der Waals surface area contributed by atoms with Gasteiger partial charge in [-0.2, -0.15) is 0 Å². The first-order chi connectivity index (χ1) is 19.3. The van der Waals surface area contributed by atoms with E-state index in [1.165, 1.54) is 13.8 Å². The van der Waals surface area contributed by atoms with Crippen molar-refractivity contribution in [3.8, 4) is 0 Å². The van der Waals surface area contributed by atoms with Gasteiger partial charge in [-0.25, -0.2) is 0 Å². The molecule has 1 atom stereocenters. The standard InChI is InChI=1S/C30H37N5O5/c1-23(36)39-22-29(40-24(2)37)12-6-9-17-34(3)30(38)25-13-14-28(33-18-25)21-35(19-26-10-4-7-15-31-26)20-27-11-5-8-16-32-27/h4-5,7-8,10-11,13-16,18,29H,6,9,12,17,19-22H2,1-3H3/t29-/m0/s1. The molecule has 0 fully saturated rings. The molecular formula is C30H37N5O5. The number of carbonyl (C=O) groups is 3. The van der Waals surface area contributed by atoms with Crippen molar-refractivity contribution in [1.29, 1.82) is 0 Å². The number of esters is 2. The molecule has 0 aliphatic heterocycles. The van der Waals surface area contributed by atoms with Crippen molar-refractivity contribution < 1.29 is 23.9 Å². The third-order valence-electron chi connectivity index (χ3n) is 6.10. The maximum absolute atomic E-state index is 12.9. The van der Waals surface area contributed by atoms with Crippen LogP contribution in [0.5, 0.6) is 0 Å². The summed E-state index contributed by atoms with van der Waals surface area (Å²) in [6.07, 6.45) is 6.64. The van der Waals surface area contributed by atoms with E-state index in [9.17, 15) is 14.4 Å². The van der Waals surface area contributed by atoms with Crippen molar-refractivity contribution in [2.75, 3.05) is 20.2 Å². The lowest BCUT2D eigenvalue weighted by atomic mass is 10.1. The molecule has 0 spiro atoms. The minimum absolute atomic E-state index is 0.0306. The van der Waals surface area contributed by atoms with Crippen LogP contribution in [0.1, 0.15) is 60.5 Å². The summed E-state index contributed by atoms with van der Waals surface area (Å²) in [5.74, 6) is -0.956. The van der Waals surface area contributed by atoms with E-state index in [1.54, 1.807) is 36.6 Å². The highest BCUT2D eigenvalue weighted by atomic mass is 16.6. The van der Waals surface area contributed by atoms with Crippen LogP contribution in [0.3, 0.4) is 0 Å². The molecule has 3 aromatic heterocycles. The molecule has 1 amide bonds. The van der Waals surface area contributed by atoms with Crippen molar-refractivity contribution in [2.24, 2.45) is 0 Å². The molecule has 212 valence electrons. The molecule has 0 aliphatic rings. The summed E-state index contributed by atoms with van der Waals surface area (Å²) in [6.45, 7) is 5.06. The first kappa shape index (κ1) is 30.4. The third-order valence-corrected chi connectivity index (χ3v) is 6.10. The van der Waals surface area contributed by atoms with E-state index in [1.807, 2.05) is 42.5 Å². The Morgan fingerprint density at radius 2 is 1.43 bits per heavy atom. The topological polar surface area (TPSA) is 115 Å². The molecule has 0 aliphatic carbocycles. The molecule has 3 aromatic rings. The highest BCUT2D eigenvalue weighted by Gasteiger charge is 2.16. The van der Waals surface area contributed by atoms with Gasteiger partial charge in [0.15, 0.2) is 0 Å². The maximum atomic E-state index is 12.9. The van der Waals surface area contributed by atoms with Crippen LogP contribution in [-0.2, 0) is 38.7 Å². The van der Waals surface area contributed by atoms with Gasteiger partial charge in [-0.15, -0.1) is 0 Å². The fourth-order valence-corrected chi connectivity index (χ4v) is 4.15. The quantitative estimate of drug-likeness (QED) is 0.207. The lowest BCUT2D eigenvalue weighted by molar-refractivity contribution is -0.156. The highest BCUT2D eigenvalue weighted by Crippen LogP contribution is 2.13. The first-order valence-electron chi connectivity index (χ1n) is 13.3. The van der Waals surface area contributed by atoms with Gasteiger partial charge in [0.05, 0.1) is 22.6 Å². The molecule has 0 radical (unpaired) electrons. The van der Waals surface area contributed by atoms with Crippen molar-refractivity contribution in [1.82, 2.24) is 24.8 Å². The molecule has 40 heavy (non-hydrogen) atoms. The average molecular weight is 548 g/mol. The lowest BCUT2D eigenvalue weighted by Crippen LogP contribution is -2.29. The Kier molecular flexibility index (Phi) is 12.2. The van der Waals surface area contributed by atoms with Crippen molar-refractivity contribution >= 4 is 17.8 Å². The number of unbranched alkanes of at least 4 members (excludes halogenated alkanes) is 1. The van der Waals surface area contributed by atoms with Crippen molar-refractivity contribution in [2.45, 2.75) is 58.8 Å². The summed E-state index contributed by atoms with van der Waals surface area (Å²) >= 11 is 0. The van der Waals surface area contributed by atoms with Crippen LogP contribution in [0, 0.1) is 0 Å². The van der Waals surface area contributed by atoms with Crippen molar-refractivity contribution in [3.63, 3.8) is 0 Å². The second kappa shape index (κ2) is 16.0. The van der Waals surface area contributed by atoms with E-state index in [2.05, 4.69) is 19.9 Å². The molecule has 3 heterocycles. The van der Waals surface area contributed by atoms with Gasteiger partial charge in [0, 0.05) is 65.7 Å². The number of amides is 1. The molecule has 10 heteroatoms. The Morgan fingerprint density at radius 1 is 0.800 bits per heavy atom. The number of hydrogen-bond donors (Lipinski definition) is 0. The summed E-state index contributed by atoms with van der Waals surface area (Å²) in [7, 11) is 1.75. The summed E-state index contributed by atoms with van der Waals surface area (Å²) in [6, 6.07) is 15.4. The Hall–Kier alpha value is -4.18. The van der Waals surface area contributed by atoms with E-state index in [0.29, 0.717) is 51.0 Å².